The monoisotopic (exact) mass is 428 g/mol. The molecule has 4 rings (SSSR count). The summed E-state index contributed by atoms with van der Waals surface area (Å²) in [5, 5.41) is 10.9. The highest BCUT2D eigenvalue weighted by Gasteiger charge is 2.20. The van der Waals surface area contributed by atoms with Crippen LogP contribution in [0.25, 0.3) is 22.5 Å². The zero-order chi connectivity index (χ0) is 21.3. The minimum atomic E-state index is -3.65. The summed E-state index contributed by atoms with van der Waals surface area (Å²) < 4.78 is 38.2. The van der Waals surface area contributed by atoms with Gasteiger partial charge >= 0.3 is 0 Å². The molecule has 3 aromatic heterocycles. The zero-order valence-electron chi connectivity index (χ0n) is 16.5. The summed E-state index contributed by atoms with van der Waals surface area (Å²) in [6.07, 6.45) is 2.81. The fourth-order valence-corrected chi connectivity index (χ4v) is 3.68. The van der Waals surface area contributed by atoms with Crippen molar-refractivity contribution in [2.45, 2.75) is 24.8 Å². The molecule has 0 aliphatic carbocycles. The summed E-state index contributed by atoms with van der Waals surface area (Å²) in [6, 6.07) is 8.11. The van der Waals surface area contributed by atoms with E-state index in [1.807, 2.05) is 13.8 Å². The molecule has 3 heterocycles. The van der Waals surface area contributed by atoms with E-state index >= 15 is 0 Å². The minimum Gasteiger partial charge on any atom is -0.489 e. The Kier molecular flexibility index (Phi) is 5.14. The Labute approximate surface area is 172 Å². The van der Waals surface area contributed by atoms with Crippen molar-refractivity contribution in [2.75, 3.05) is 12.4 Å². The predicted octanol–water partition coefficient (Wildman–Crippen LogP) is 3.05. The SMILES string of the molecule is CNS(=O)(=O)c1ccc(OC(C)C)c(Nc2ncnc3[nH]nc(-c4ccco4)c23)c1. The predicted molar refractivity (Wildman–Crippen MR) is 111 cm³/mol. The molecule has 0 spiro atoms. The lowest BCUT2D eigenvalue weighted by Gasteiger charge is -2.17. The number of aromatic nitrogens is 4. The first kappa shape index (κ1) is 19.9. The van der Waals surface area contributed by atoms with Gasteiger partial charge in [0.1, 0.15) is 23.6 Å². The highest BCUT2D eigenvalue weighted by atomic mass is 32.2. The highest BCUT2D eigenvalue weighted by Crippen LogP contribution is 2.35. The Morgan fingerprint density at radius 2 is 2.03 bits per heavy atom. The number of ether oxygens (including phenoxy) is 1. The van der Waals surface area contributed by atoms with Crippen molar-refractivity contribution in [1.29, 1.82) is 0 Å². The number of hydrogen-bond donors (Lipinski definition) is 3. The molecule has 0 aliphatic heterocycles. The molecule has 0 bridgehead atoms. The fraction of sp³-hybridized carbons (Fsp3) is 0.211. The van der Waals surface area contributed by atoms with E-state index in [4.69, 9.17) is 9.15 Å². The lowest BCUT2D eigenvalue weighted by Crippen LogP contribution is -2.19. The van der Waals surface area contributed by atoms with Crippen LogP contribution < -0.4 is 14.8 Å². The number of nitrogens with one attached hydrogen (secondary N) is 3. The van der Waals surface area contributed by atoms with Gasteiger partial charge in [0.05, 0.1) is 28.3 Å². The summed E-state index contributed by atoms with van der Waals surface area (Å²) in [5.74, 6) is 1.45. The van der Waals surface area contributed by atoms with Crippen LogP contribution in [0.3, 0.4) is 0 Å². The van der Waals surface area contributed by atoms with Crippen LogP contribution in [0, 0.1) is 0 Å². The van der Waals surface area contributed by atoms with Gasteiger partial charge in [0, 0.05) is 0 Å². The van der Waals surface area contributed by atoms with E-state index in [1.54, 1.807) is 24.5 Å². The Balaban J connectivity index is 1.85. The van der Waals surface area contributed by atoms with Gasteiger partial charge in [-0.05, 0) is 51.2 Å². The lowest BCUT2D eigenvalue weighted by atomic mass is 10.2. The van der Waals surface area contributed by atoms with Gasteiger partial charge in [-0.25, -0.2) is 23.1 Å². The number of aromatic amines is 1. The first-order valence-corrected chi connectivity index (χ1v) is 10.6. The van der Waals surface area contributed by atoms with Crippen LogP contribution in [0.5, 0.6) is 5.75 Å². The molecule has 4 aromatic rings. The van der Waals surface area contributed by atoms with Crippen molar-refractivity contribution in [3.63, 3.8) is 0 Å². The van der Waals surface area contributed by atoms with Gasteiger partial charge in [-0.1, -0.05) is 0 Å². The quantitative estimate of drug-likeness (QED) is 0.409. The van der Waals surface area contributed by atoms with Crippen molar-refractivity contribution in [1.82, 2.24) is 24.9 Å². The lowest BCUT2D eigenvalue weighted by molar-refractivity contribution is 0.243. The summed E-state index contributed by atoms with van der Waals surface area (Å²) in [6.45, 7) is 3.77. The normalized spacial score (nSPS) is 11.9. The molecule has 11 heteroatoms. The van der Waals surface area contributed by atoms with Gasteiger partial charge in [-0.15, -0.1) is 0 Å². The molecule has 1 aromatic carbocycles. The number of rotatable bonds is 7. The van der Waals surface area contributed by atoms with Gasteiger partial charge < -0.3 is 14.5 Å². The van der Waals surface area contributed by atoms with Gasteiger partial charge in [0.25, 0.3) is 0 Å². The maximum Gasteiger partial charge on any atom is 0.240 e. The fourth-order valence-electron chi connectivity index (χ4n) is 2.92. The van der Waals surface area contributed by atoms with E-state index in [9.17, 15) is 8.42 Å². The summed E-state index contributed by atoms with van der Waals surface area (Å²) in [5.41, 5.74) is 1.47. The average Bonchev–Trinajstić information content (AvgIpc) is 3.38. The minimum absolute atomic E-state index is 0.0901. The van der Waals surface area contributed by atoms with Crippen molar-refractivity contribution < 1.29 is 17.6 Å². The summed E-state index contributed by atoms with van der Waals surface area (Å²) >= 11 is 0. The number of benzene rings is 1. The molecular formula is C19H20N6O4S. The molecule has 30 heavy (non-hydrogen) atoms. The van der Waals surface area contributed by atoms with Crippen LogP contribution in [0.1, 0.15) is 13.8 Å². The topological polar surface area (TPSA) is 135 Å². The van der Waals surface area contributed by atoms with E-state index in [-0.39, 0.29) is 11.0 Å². The Morgan fingerprint density at radius 1 is 1.20 bits per heavy atom. The standard InChI is InChI=1S/C19H20N6O4S/c1-11(2)29-14-7-6-12(30(26,27)20-3)9-13(14)23-18-16-17(15-5-4-8-28-15)24-25-19(16)22-10-21-18/h4-11,20H,1-3H3,(H2,21,22,23,24,25). The van der Waals surface area contributed by atoms with Crippen molar-refractivity contribution in [3.05, 3.63) is 42.9 Å². The molecule has 0 saturated carbocycles. The highest BCUT2D eigenvalue weighted by molar-refractivity contribution is 7.89. The Hall–Kier alpha value is -3.44. The third-order valence-electron chi connectivity index (χ3n) is 4.26. The second-order valence-electron chi connectivity index (χ2n) is 6.65. The van der Waals surface area contributed by atoms with Crippen LogP contribution in [0.4, 0.5) is 11.5 Å². The third-order valence-corrected chi connectivity index (χ3v) is 5.67. The number of nitrogens with zero attached hydrogens (tertiary/aromatic N) is 3. The third kappa shape index (κ3) is 3.72. The number of hydrogen-bond acceptors (Lipinski definition) is 8. The molecule has 0 radical (unpaired) electrons. The van der Waals surface area contributed by atoms with Crippen molar-refractivity contribution in [2.24, 2.45) is 0 Å². The van der Waals surface area contributed by atoms with Crippen LogP contribution in [-0.2, 0) is 10.0 Å². The van der Waals surface area contributed by atoms with E-state index in [1.165, 1.54) is 25.5 Å². The number of sulfonamides is 1. The average molecular weight is 428 g/mol. The molecule has 0 amide bonds. The van der Waals surface area contributed by atoms with Crippen LogP contribution in [0.2, 0.25) is 0 Å². The summed E-state index contributed by atoms with van der Waals surface area (Å²) in [4.78, 5) is 8.63. The second-order valence-corrected chi connectivity index (χ2v) is 8.54. The second kappa shape index (κ2) is 7.76. The molecule has 0 atom stereocenters. The number of furan rings is 1. The van der Waals surface area contributed by atoms with Crippen LogP contribution in [0.15, 0.2) is 52.2 Å². The maximum absolute atomic E-state index is 12.3. The van der Waals surface area contributed by atoms with Gasteiger partial charge in [-0.2, -0.15) is 5.10 Å². The number of fused-ring (bicyclic) bond motifs is 1. The van der Waals surface area contributed by atoms with E-state index < -0.39 is 10.0 Å². The largest absolute Gasteiger partial charge is 0.489 e. The molecular weight excluding hydrogens is 408 g/mol. The van der Waals surface area contributed by atoms with Crippen molar-refractivity contribution >= 4 is 32.6 Å². The molecule has 0 saturated heterocycles. The summed E-state index contributed by atoms with van der Waals surface area (Å²) in [7, 11) is -2.29. The van der Waals surface area contributed by atoms with Crippen LogP contribution in [-0.4, -0.2) is 41.7 Å². The molecule has 0 fully saturated rings. The van der Waals surface area contributed by atoms with E-state index in [0.717, 1.165) is 0 Å². The first-order chi connectivity index (χ1) is 14.4. The Morgan fingerprint density at radius 3 is 2.73 bits per heavy atom. The van der Waals surface area contributed by atoms with Crippen LogP contribution >= 0.6 is 0 Å². The number of H-pyrrole nitrogens is 1. The van der Waals surface area contributed by atoms with Gasteiger partial charge in [-0.3, -0.25) is 5.10 Å². The van der Waals surface area contributed by atoms with Crippen molar-refractivity contribution in [3.8, 4) is 17.2 Å². The van der Waals surface area contributed by atoms with E-state index in [2.05, 4.69) is 30.2 Å². The number of anilines is 2. The molecule has 3 N–H and O–H groups in total. The van der Waals surface area contributed by atoms with Gasteiger partial charge in [0.15, 0.2) is 11.4 Å². The first-order valence-electron chi connectivity index (χ1n) is 9.13. The molecule has 0 unspecified atom stereocenters. The molecule has 10 nitrogen and oxygen atoms in total. The molecule has 156 valence electrons. The molecule has 0 aliphatic rings. The zero-order valence-corrected chi connectivity index (χ0v) is 17.3. The Bertz CT molecular complexity index is 1280. The maximum atomic E-state index is 12.3. The van der Waals surface area contributed by atoms with E-state index in [0.29, 0.717) is 39.7 Å². The van der Waals surface area contributed by atoms with Gasteiger partial charge in [0.2, 0.25) is 10.0 Å². The smallest absolute Gasteiger partial charge is 0.240 e.